The Balaban J connectivity index is 1.74. The zero-order chi connectivity index (χ0) is 23.0. The fraction of sp³-hybridized carbons (Fsp3) is 0.458. The van der Waals surface area contributed by atoms with Crippen molar-refractivity contribution < 1.29 is 14.3 Å². The van der Waals surface area contributed by atoms with Crippen LogP contribution in [0.2, 0.25) is 0 Å². The quantitative estimate of drug-likeness (QED) is 0.737. The third kappa shape index (κ3) is 3.72. The van der Waals surface area contributed by atoms with Gasteiger partial charge in [-0.15, -0.1) is 0 Å². The van der Waals surface area contributed by atoms with E-state index < -0.39 is 11.6 Å². The van der Waals surface area contributed by atoms with Crippen LogP contribution in [0.3, 0.4) is 0 Å². The van der Waals surface area contributed by atoms with Crippen molar-refractivity contribution >= 4 is 29.4 Å². The molecule has 1 aromatic carbocycles. The van der Waals surface area contributed by atoms with E-state index in [9.17, 15) is 9.90 Å². The second-order valence-corrected chi connectivity index (χ2v) is 8.86. The summed E-state index contributed by atoms with van der Waals surface area (Å²) in [5.74, 6) is -0.0910. The maximum Gasteiger partial charge on any atom is 0.222 e. The maximum absolute atomic E-state index is 16.5. The summed E-state index contributed by atoms with van der Waals surface area (Å²) in [6, 6.07) is 5.20. The summed E-state index contributed by atoms with van der Waals surface area (Å²) < 4.78 is 16.5. The van der Waals surface area contributed by atoms with Gasteiger partial charge in [-0.3, -0.25) is 4.79 Å². The van der Waals surface area contributed by atoms with Gasteiger partial charge in [0.05, 0.1) is 11.6 Å². The summed E-state index contributed by atoms with van der Waals surface area (Å²) in [4.78, 5) is 24.7. The molecule has 1 amide bonds. The summed E-state index contributed by atoms with van der Waals surface area (Å²) in [6.45, 7) is 7.68. The van der Waals surface area contributed by atoms with E-state index in [1.807, 2.05) is 24.8 Å². The molecule has 2 atom stereocenters. The maximum atomic E-state index is 16.5. The molecule has 1 saturated heterocycles. The Bertz CT molecular complexity index is 1060. The van der Waals surface area contributed by atoms with Gasteiger partial charge in [0.2, 0.25) is 5.91 Å². The molecule has 1 aliphatic carbocycles. The number of hydrogen-bond acceptors (Lipinski definition) is 5. The number of rotatable bonds is 4. The van der Waals surface area contributed by atoms with Crippen molar-refractivity contribution in [1.82, 2.24) is 14.9 Å². The summed E-state index contributed by atoms with van der Waals surface area (Å²) in [5, 5.41) is 10.9. The number of nitrogens with zero attached hydrogens (tertiary/aromatic N) is 4. The SMILES string of the molecule is CCC(=O)N1CCN(c2ncnc3c2C=C(Cl)C(c2c(O)cccc2CC)C3(C)F)CC1. The molecule has 1 aliphatic heterocycles. The highest BCUT2D eigenvalue weighted by molar-refractivity contribution is 6.32. The lowest BCUT2D eigenvalue weighted by Gasteiger charge is -2.39. The number of phenolic OH excluding ortho intramolecular Hbond substituents is 1. The molecule has 0 spiro atoms. The molecule has 1 N–H and O–H groups in total. The topological polar surface area (TPSA) is 69.6 Å². The van der Waals surface area contributed by atoms with Crippen LogP contribution in [-0.4, -0.2) is 52.1 Å². The molecular weight excluding hydrogens is 431 g/mol. The number of aryl methyl sites for hydroxylation is 1. The zero-order valence-corrected chi connectivity index (χ0v) is 19.4. The predicted octanol–water partition coefficient (Wildman–Crippen LogP) is 4.37. The number of phenols is 1. The summed E-state index contributed by atoms with van der Waals surface area (Å²) >= 11 is 6.71. The van der Waals surface area contributed by atoms with E-state index in [1.165, 1.54) is 13.3 Å². The van der Waals surface area contributed by atoms with E-state index in [-0.39, 0.29) is 17.4 Å². The van der Waals surface area contributed by atoms with Crippen molar-refractivity contribution in [2.45, 2.75) is 45.2 Å². The number of alkyl halides is 1. The van der Waals surface area contributed by atoms with Gasteiger partial charge in [-0.1, -0.05) is 37.6 Å². The minimum atomic E-state index is -1.94. The van der Waals surface area contributed by atoms with E-state index in [1.54, 1.807) is 18.2 Å². The summed E-state index contributed by atoms with van der Waals surface area (Å²) in [6.07, 6.45) is 4.23. The third-order valence-electron chi connectivity index (χ3n) is 6.50. The molecule has 4 rings (SSSR count). The van der Waals surface area contributed by atoms with Gasteiger partial charge in [-0.2, -0.15) is 0 Å². The van der Waals surface area contributed by atoms with Crippen molar-refractivity contribution in [3.8, 4) is 5.75 Å². The largest absolute Gasteiger partial charge is 0.508 e. The fourth-order valence-electron chi connectivity index (χ4n) is 4.82. The number of carbonyl (C=O) groups excluding carboxylic acids is 1. The average molecular weight is 459 g/mol. The first-order chi connectivity index (χ1) is 15.3. The highest BCUT2D eigenvalue weighted by atomic mass is 35.5. The predicted molar refractivity (Wildman–Crippen MR) is 124 cm³/mol. The highest BCUT2D eigenvalue weighted by Gasteiger charge is 2.47. The Morgan fingerprint density at radius 1 is 1.25 bits per heavy atom. The standard InChI is InChI=1S/C24H28ClFN4O2/c1-4-15-7-6-8-18(31)20(15)21-17(25)13-16-22(24(21,3)26)27-14-28-23(16)30-11-9-29(10-12-30)19(32)5-2/h6-8,13-14,21,31H,4-5,9-12H2,1-3H3. The number of piperazine rings is 1. The van der Waals surface area contributed by atoms with Crippen molar-refractivity contribution in [3.05, 3.63) is 51.9 Å². The minimum absolute atomic E-state index is 0.0271. The van der Waals surface area contributed by atoms with E-state index >= 15 is 4.39 Å². The van der Waals surface area contributed by atoms with Crippen LogP contribution >= 0.6 is 11.6 Å². The second kappa shape index (κ2) is 8.70. The van der Waals surface area contributed by atoms with Crippen molar-refractivity contribution in [1.29, 1.82) is 0 Å². The number of fused-ring (bicyclic) bond motifs is 1. The molecule has 2 unspecified atom stereocenters. The van der Waals surface area contributed by atoms with Gasteiger partial charge in [-0.05, 0) is 31.1 Å². The Hall–Kier alpha value is -2.67. The summed E-state index contributed by atoms with van der Waals surface area (Å²) in [5.41, 5.74) is 0.220. The minimum Gasteiger partial charge on any atom is -0.508 e. The first-order valence-electron chi connectivity index (χ1n) is 11.0. The van der Waals surface area contributed by atoms with Gasteiger partial charge in [0.1, 0.15) is 17.9 Å². The third-order valence-corrected chi connectivity index (χ3v) is 6.83. The zero-order valence-electron chi connectivity index (χ0n) is 18.6. The first kappa shape index (κ1) is 22.5. The molecule has 6 nitrogen and oxygen atoms in total. The number of anilines is 1. The van der Waals surface area contributed by atoms with Gasteiger partial charge in [0.25, 0.3) is 0 Å². The smallest absolute Gasteiger partial charge is 0.222 e. The van der Waals surface area contributed by atoms with Crippen molar-refractivity contribution in [2.75, 3.05) is 31.1 Å². The van der Waals surface area contributed by atoms with E-state index in [0.29, 0.717) is 61.0 Å². The Morgan fingerprint density at radius 3 is 2.62 bits per heavy atom. The van der Waals surface area contributed by atoms with Crippen molar-refractivity contribution in [3.63, 3.8) is 0 Å². The number of aromatic nitrogens is 2. The van der Waals surface area contributed by atoms with Gasteiger partial charge in [0.15, 0.2) is 5.67 Å². The van der Waals surface area contributed by atoms with Crippen LogP contribution < -0.4 is 4.90 Å². The number of aromatic hydroxyl groups is 1. The van der Waals surface area contributed by atoms with E-state index in [4.69, 9.17) is 11.6 Å². The molecule has 2 aliphatic rings. The van der Waals surface area contributed by atoms with Gasteiger partial charge in [-0.25, -0.2) is 14.4 Å². The average Bonchev–Trinajstić information content (AvgIpc) is 2.79. The molecule has 32 heavy (non-hydrogen) atoms. The second-order valence-electron chi connectivity index (χ2n) is 8.42. The number of carbonyl (C=O) groups is 1. The molecule has 1 fully saturated rings. The van der Waals surface area contributed by atoms with Crippen LogP contribution in [0.4, 0.5) is 10.2 Å². The van der Waals surface area contributed by atoms with Crippen LogP contribution in [0, 0.1) is 0 Å². The molecular formula is C24H28ClFN4O2. The Labute approximate surface area is 192 Å². The summed E-state index contributed by atoms with van der Waals surface area (Å²) in [7, 11) is 0. The number of amides is 1. The van der Waals surface area contributed by atoms with Gasteiger partial charge in [0, 0.05) is 48.8 Å². The molecule has 1 aromatic heterocycles. The van der Waals surface area contributed by atoms with Crippen LogP contribution in [0.15, 0.2) is 29.6 Å². The number of halogens is 2. The van der Waals surface area contributed by atoms with Gasteiger partial charge >= 0.3 is 0 Å². The molecule has 0 bridgehead atoms. The Morgan fingerprint density at radius 2 is 1.97 bits per heavy atom. The molecule has 2 heterocycles. The molecule has 8 heteroatoms. The number of benzene rings is 1. The van der Waals surface area contributed by atoms with E-state index in [0.717, 1.165) is 5.56 Å². The van der Waals surface area contributed by atoms with Crippen LogP contribution in [0.1, 0.15) is 55.5 Å². The number of allylic oxidation sites excluding steroid dienone is 1. The fourth-order valence-corrected chi connectivity index (χ4v) is 5.24. The normalized spacial score (nSPS) is 23.0. The molecule has 0 radical (unpaired) electrons. The van der Waals surface area contributed by atoms with Crippen LogP contribution in [0.5, 0.6) is 5.75 Å². The monoisotopic (exact) mass is 458 g/mol. The van der Waals surface area contributed by atoms with E-state index in [2.05, 4.69) is 14.9 Å². The lowest BCUT2D eigenvalue weighted by molar-refractivity contribution is -0.131. The van der Waals surface area contributed by atoms with Crippen molar-refractivity contribution in [2.24, 2.45) is 0 Å². The molecule has 0 saturated carbocycles. The highest BCUT2D eigenvalue weighted by Crippen LogP contribution is 2.54. The van der Waals surface area contributed by atoms with Crippen LogP contribution in [-0.2, 0) is 16.9 Å². The lowest BCUT2D eigenvalue weighted by Crippen LogP contribution is -2.49. The molecule has 2 aromatic rings. The lowest BCUT2D eigenvalue weighted by atomic mass is 9.75. The van der Waals surface area contributed by atoms with Crippen LogP contribution in [0.25, 0.3) is 6.08 Å². The Kier molecular flexibility index (Phi) is 6.12. The van der Waals surface area contributed by atoms with Gasteiger partial charge < -0.3 is 14.9 Å². The molecule has 170 valence electrons. The number of hydrogen-bond donors (Lipinski definition) is 1. The first-order valence-corrected chi connectivity index (χ1v) is 11.4.